The van der Waals surface area contributed by atoms with Crippen molar-refractivity contribution in [3.8, 4) is 0 Å². The summed E-state index contributed by atoms with van der Waals surface area (Å²) < 4.78 is 9.04. The number of esters is 1. The van der Waals surface area contributed by atoms with E-state index >= 15 is 0 Å². The summed E-state index contributed by atoms with van der Waals surface area (Å²) in [4.78, 5) is 10.5. The molecule has 0 aromatic heterocycles. The molecule has 0 rings (SSSR count). The average molecular weight is 145 g/mol. The lowest BCUT2D eigenvalue weighted by Crippen LogP contribution is -2.07. The summed E-state index contributed by atoms with van der Waals surface area (Å²) in [6, 6.07) is 0. The number of methoxy groups -OCH3 is 2. The van der Waals surface area contributed by atoms with Crippen LogP contribution in [0.1, 0.15) is 0 Å². The molecule has 0 amide bonds. The van der Waals surface area contributed by atoms with Gasteiger partial charge in [0.2, 0.25) is 0 Å². The number of nitrogens with two attached hydrogens (primary N) is 1. The Balaban J connectivity index is 3.96. The third kappa shape index (κ3) is 3.09. The summed E-state index contributed by atoms with van der Waals surface area (Å²) in [5.41, 5.74) is 5.19. The van der Waals surface area contributed by atoms with Crippen LogP contribution in [0.25, 0.3) is 0 Å². The number of ether oxygens (including phenoxy) is 2. The van der Waals surface area contributed by atoms with Crippen LogP contribution in [0.3, 0.4) is 0 Å². The monoisotopic (exact) mass is 145 g/mol. The van der Waals surface area contributed by atoms with Crippen molar-refractivity contribution in [3.05, 3.63) is 11.8 Å². The zero-order chi connectivity index (χ0) is 7.98. The minimum absolute atomic E-state index is 0.200. The molecule has 58 valence electrons. The van der Waals surface area contributed by atoms with Gasteiger partial charge >= 0.3 is 5.97 Å². The van der Waals surface area contributed by atoms with E-state index in [0.717, 1.165) is 0 Å². The quantitative estimate of drug-likeness (QED) is 0.335. The van der Waals surface area contributed by atoms with Crippen LogP contribution in [0.15, 0.2) is 11.8 Å². The molecule has 0 aliphatic heterocycles. The van der Waals surface area contributed by atoms with Gasteiger partial charge in [-0.3, -0.25) is 0 Å². The van der Waals surface area contributed by atoms with Gasteiger partial charge in [0.25, 0.3) is 0 Å². The van der Waals surface area contributed by atoms with Crippen molar-refractivity contribution in [1.29, 1.82) is 0 Å². The molecule has 0 spiro atoms. The van der Waals surface area contributed by atoms with Crippen molar-refractivity contribution in [2.45, 2.75) is 0 Å². The maximum atomic E-state index is 10.5. The molecule has 0 aliphatic rings. The van der Waals surface area contributed by atoms with Gasteiger partial charge in [-0.05, 0) is 0 Å². The van der Waals surface area contributed by atoms with Crippen molar-refractivity contribution in [3.63, 3.8) is 0 Å². The molecule has 4 heteroatoms. The third-order valence-corrected chi connectivity index (χ3v) is 0.943. The third-order valence-electron chi connectivity index (χ3n) is 0.943. The molecule has 0 aromatic rings. The molecule has 0 saturated heterocycles. The standard InChI is InChI=1S/C6H11NO3/c1-9-5(4-7)3-6(8)10-2/h3H,4,7H2,1-2H3/b5-3+. The summed E-state index contributed by atoms with van der Waals surface area (Å²) in [6.45, 7) is 0.200. The lowest BCUT2D eigenvalue weighted by atomic mass is 10.4. The highest BCUT2D eigenvalue weighted by Gasteiger charge is 1.97. The van der Waals surface area contributed by atoms with Gasteiger partial charge in [-0.25, -0.2) is 4.79 Å². The van der Waals surface area contributed by atoms with Gasteiger partial charge in [-0.1, -0.05) is 0 Å². The predicted octanol–water partition coefficient (Wildman–Crippen LogP) is -0.352. The SMILES string of the molecule is COC(=O)/C=C(\CN)OC. The minimum Gasteiger partial charge on any atom is -0.499 e. The smallest absolute Gasteiger partial charge is 0.333 e. The van der Waals surface area contributed by atoms with Crippen molar-refractivity contribution >= 4 is 5.97 Å². The largest absolute Gasteiger partial charge is 0.499 e. The number of carbonyl (C=O) groups is 1. The first-order valence-corrected chi connectivity index (χ1v) is 2.77. The molecule has 0 bridgehead atoms. The zero-order valence-corrected chi connectivity index (χ0v) is 6.09. The number of carbonyl (C=O) groups excluding carboxylic acids is 1. The van der Waals surface area contributed by atoms with E-state index in [1.165, 1.54) is 20.3 Å². The van der Waals surface area contributed by atoms with Gasteiger partial charge in [0, 0.05) is 0 Å². The topological polar surface area (TPSA) is 61.5 Å². The van der Waals surface area contributed by atoms with E-state index < -0.39 is 5.97 Å². The molecule has 0 aliphatic carbocycles. The van der Waals surface area contributed by atoms with Crippen molar-refractivity contribution < 1.29 is 14.3 Å². The summed E-state index contributed by atoms with van der Waals surface area (Å²) >= 11 is 0. The fraction of sp³-hybridized carbons (Fsp3) is 0.500. The minimum atomic E-state index is -0.456. The number of hydrogen-bond donors (Lipinski definition) is 1. The van der Waals surface area contributed by atoms with Crippen LogP contribution >= 0.6 is 0 Å². The first-order chi connectivity index (χ1) is 4.74. The van der Waals surface area contributed by atoms with Crippen molar-refractivity contribution in [2.24, 2.45) is 5.73 Å². The molecule has 4 nitrogen and oxygen atoms in total. The Morgan fingerprint density at radius 2 is 2.10 bits per heavy atom. The Morgan fingerprint density at radius 3 is 2.40 bits per heavy atom. The summed E-state index contributed by atoms with van der Waals surface area (Å²) in [7, 11) is 2.74. The van der Waals surface area contributed by atoms with Crippen LogP contribution in [-0.4, -0.2) is 26.7 Å². The first-order valence-electron chi connectivity index (χ1n) is 2.77. The van der Waals surface area contributed by atoms with Crippen LogP contribution in [0.4, 0.5) is 0 Å². The fourth-order valence-corrected chi connectivity index (χ4v) is 0.392. The van der Waals surface area contributed by atoms with Gasteiger partial charge in [-0.2, -0.15) is 0 Å². The average Bonchev–Trinajstić information content (AvgIpc) is 1.99. The van der Waals surface area contributed by atoms with E-state index in [-0.39, 0.29) is 6.54 Å². The van der Waals surface area contributed by atoms with Gasteiger partial charge in [0.15, 0.2) is 0 Å². The highest BCUT2D eigenvalue weighted by molar-refractivity contribution is 5.82. The van der Waals surface area contributed by atoms with Gasteiger partial charge in [-0.15, -0.1) is 0 Å². The summed E-state index contributed by atoms with van der Waals surface area (Å²) in [5.74, 6) is -0.0471. The lowest BCUT2D eigenvalue weighted by molar-refractivity contribution is -0.135. The van der Waals surface area contributed by atoms with Crippen molar-refractivity contribution in [2.75, 3.05) is 20.8 Å². The Labute approximate surface area is 59.6 Å². The van der Waals surface area contributed by atoms with E-state index in [2.05, 4.69) is 4.74 Å². The maximum absolute atomic E-state index is 10.5. The second kappa shape index (κ2) is 4.81. The molecular formula is C6H11NO3. The summed E-state index contributed by atoms with van der Waals surface area (Å²) in [5, 5.41) is 0. The lowest BCUT2D eigenvalue weighted by Gasteiger charge is -2.00. The number of hydrogen-bond acceptors (Lipinski definition) is 4. The van der Waals surface area contributed by atoms with Crippen LogP contribution in [0.5, 0.6) is 0 Å². The second-order valence-corrected chi connectivity index (χ2v) is 1.54. The Bertz CT molecular complexity index is 136. The molecule has 0 radical (unpaired) electrons. The molecule has 0 unspecified atom stereocenters. The molecule has 0 heterocycles. The molecule has 0 fully saturated rings. The number of rotatable bonds is 3. The summed E-state index contributed by atoms with van der Waals surface area (Å²) in [6.07, 6.45) is 1.21. The van der Waals surface area contributed by atoms with Crippen LogP contribution in [0.2, 0.25) is 0 Å². The fourth-order valence-electron chi connectivity index (χ4n) is 0.392. The van der Waals surface area contributed by atoms with Crippen LogP contribution < -0.4 is 5.73 Å². The van der Waals surface area contributed by atoms with Gasteiger partial charge in [0.05, 0.1) is 26.8 Å². The first kappa shape index (κ1) is 8.97. The Hall–Kier alpha value is -1.03. The molecule has 0 aromatic carbocycles. The molecule has 0 saturated carbocycles. The van der Waals surface area contributed by atoms with E-state index in [0.29, 0.717) is 5.76 Å². The highest BCUT2D eigenvalue weighted by Crippen LogP contribution is 1.91. The van der Waals surface area contributed by atoms with Gasteiger partial charge in [0.1, 0.15) is 5.76 Å². The van der Waals surface area contributed by atoms with E-state index in [1.54, 1.807) is 0 Å². The van der Waals surface area contributed by atoms with E-state index in [4.69, 9.17) is 10.5 Å². The van der Waals surface area contributed by atoms with E-state index in [9.17, 15) is 4.79 Å². The van der Waals surface area contributed by atoms with Crippen LogP contribution in [-0.2, 0) is 14.3 Å². The normalized spacial score (nSPS) is 10.9. The Morgan fingerprint density at radius 1 is 1.50 bits per heavy atom. The second-order valence-electron chi connectivity index (χ2n) is 1.54. The molecular weight excluding hydrogens is 134 g/mol. The maximum Gasteiger partial charge on any atom is 0.333 e. The predicted molar refractivity (Wildman–Crippen MR) is 36.2 cm³/mol. The molecule has 2 N–H and O–H groups in total. The van der Waals surface area contributed by atoms with E-state index in [1.807, 2.05) is 0 Å². The molecule has 0 atom stereocenters. The van der Waals surface area contributed by atoms with Crippen LogP contribution in [0, 0.1) is 0 Å². The zero-order valence-electron chi connectivity index (χ0n) is 6.09. The Kier molecular flexibility index (Phi) is 4.32. The highest BCUT2D eigenvalue weighted by atomic mass is 16.5. The van der Waals surface area contributed by atoms with Gasteiger partial charge < -0.3 is 15.2 Å². The molecule has 10 heavy (non-hydrogen) atoms. The van der Waals surface area contributed by atoms with Crippen molar-refractivity contribution in [1.82, 2.24) is 0 Å².